The van der Waals surface area contributed by atoms with E-state index in [4.69, 9.17) is 0 Å². The number of hydrogen-bond acceptors (Lipinski definition) is 7. The molecule has 7 atom stereocenters. The molecule has 2 aliphatic carbocycles. The second-order valence-corrected chi connectivity index (χ2v) is 18.3. The molecule has 3 aliphatic rings. The molecule has 6 amide bonds. The van der Waals surface area contributed by atoms with Crippen molar-refractivity contribution in [2.24, 2.45) is 11.8 Å². The Hall–Kier alpha value is -7.04. The van der Waals surface area contributed by atoms with Crippen molar-refractivity contribution in [3.63, 3.8) is 0 Å². The molecular formula is C52H58F3N9O5. The van der Waals surface area contributed by atoms with Crippen molar-refractivity contribution in [2.45, 2.75) is 94.6 Å². The topological polar surface area (TPSA) is 179 Å². The number of aromatic nitrogens is 3. The molecule has 1 aromatic heterocycles. The molecule has 5 aromatic rings. The number of likely N-dealkylation sites (tertiary alicyclic amines) is 1. The van der Waals surface area contributed by atoms with Gasteiger partial charge in [-0.25, -0.2) is 9.48 Å². The molecule has 0 bridgehead atoms. The molecule has 0 radical (unpaired) electrons. The van der Waals surface area contributed by atoms with Crippen LogP contribution in [0.4, 0.5) is 18.0 Å². The second kappa shape index (κ2) is 21.9. The van der Waals surface area contributed by atoms with Gasteiger partial charge in [0.2, 0.25) is 17.7 Å². The fourth-order valence-corrected chi connectivity index (χ4v) is 9.07. The van der Waals surface area contributed by atoms with Gasteiger partial charge < -0.3 is 31.5 Å². The number of amides is 6. The van der Waals surface area contributed by atoms with Crippen LogP contribution in [0, 0.1) is 11.8 Å². The number of benzene rings is 4. The first-order chi connectivity index (χ1) is 33.3. The molecule has 4 aromatic carbocycles. The number of halogens is 3. The van der Waals surface area contributed by atoms with Crippen LogP contribution in [0.2, 0.25) is 0 Å². The minimum Gasteiger partial charge on any atom is -0.354 e. The molecule has 2 heterocycles. The molecule has 14 nitrogen and oxygen atoms in total. The predicted octanol–water partition coefficient (Wildman–Crippen LogP) is 6.60. The van der Waals surface area contributed by atoms with Gasteiger partial charge in [0.05, 0.1) is 30.1 Å². The van der Waals surface area contributed by atoms with E-state index in [1.165, 1.54) is 16.8 Å². The molecule has 8 rings (SSSR count). The van der Waals surface area contributed by atoms with Crippen LogP contribution in [0.5, 0.6) is 0 Å². The lowest BCUT2D eigenvalue weighted by Crippen LogP contribution is -2.52. The minimum atomic E-state index is -4.45. The Kier molecular flexibility index (Phi) is 15.4. The van der Waals surface area contributed by atoms with Gasteiger partial charge in [0.25, 0.3) is 5.91 Å². The lowest BCUT2D eigenvalue weighted by atomic mass is 9.94. The third-order valence-corrected chi connectivity index (χ3v) is 13.2. The molecule has 362 valence electrons. The average Bonchev–Trinajstić information content (AvgIpc) is 4.19. The van der Waals surface area contributed by atoms with Gasteiger partial charge in [-0.2, -0.15) is 13.2 Å². The van der Waals surface area contributed by atoms with E-state index in [-0.39, 0.29) is 74.2 Å². The summed E-state index contributed by atoms with van der Waals surface area (Å²) in [6.45, 7) is 2.75. The van der Waals surface area contributed by atoms with E-state index < -0.39 is 41.6 Å². The first kappa shape index (κ1) is 48.4. The summed E-state index contributed by atoms with van der Waals surface area (Å²) in [5, 5.41) is 23.1. The molecule has 2 saturated carbocycles. The number of unbranched alkanes of at least 4 members (excludes halogenated alkanes) is 3. The normalized spacial score (nSPS) is 20.9. The number of urea groups is 1. The Balaban J connectivity index is 0.889. The molecule has 17 heteroatoms. The van der Waals surface area contributed by atoms with Gasteiger partial charge in [0, 0.05) is 61.2 Å². The van der Waals surface area contributed by atoms with Crippen LogP contribution in [0.15, 0.2) is 115 Å². The van der Waals surface area contributed by atoms with Gasteiger partial charge in [0.15, 0.2) is 0 Å². The summed E-state index contributed by atoms with van der Waals surface area (Å²) < 4.78 is 40.4. The highest BCUT2D eigenvalue weighted by atomic mass is 19.4. The Labute approximate surface area is 399 Å². The van der Waals surface area contributed by atoms with Crippen LogP contribution >= 0.6 is 0 Å². The summed E-state index contributed by atoms with van der Waals surface area (Å²) in [5.74, 6) is -2.24. The lowest BCUT2D eigenvalue weighted by Gasteiger charge is -2.19. The number of carbonyl (C=O) groups excluding carboxylic acids is 5. The van der Waals surface area contributed by atoms with E-state index in [1.807, 2.05) is 60.7 Å². The van der Waals surface area contributed by atoms with Gasteiger partial charge in [-0.05, 0) is 66.6 Å². The zero-order valence-electron chi connectivity index (χ0n) is 38.5. The van der Waals surface area contributed by atoms with Crippen molar-refractivity contribution >= 4 is 29.7 Å². The fourth-order valence-electron chi connectivity index (χ4n) is 9.07. The quantitative estimate of drug-likeness (QED) is 0.0546. The van der Waals surface area contributed by atoms with E-state index in [0.29, 0.717) is 28.9 Å². The predicted molar refractivity (Wildman–Crippen MR) is 252 cm³/mol. The van der Waals surface area contributed by atoms with E-state index in [2.05, 4.69) is 43.8 Å². The average molecular weight is 946 g/mol. The molecule has 1 aliphatic heterocycles. The zero-order valence-corrected chi connectivity index (χ0v) is 38.5. The van der Waals surface area contributed by atoms with Crippen molar-refractivity contribution in [3.8, 4) is 11.3 Å². The molecular weight excluding hydrogens is 888 g/mol. The molecule has 3 fully saturated rings. The number of rotatable bonds is 20. The van der Waals surface area contributed by atoms with Crippen LogP contribution in [-0.2, 0) is 33.5 Å². The number of nitrogens with zero attached hydrogens (tertiary/aromatic N) is 4. The fraction of sp³-hybridized carbons (Fsp3) is 0.404. The summed E-state index contributed by atoms with van der Waals surface area (Å²) >= 11 is 0. The number of alkyl halides is 3. The zero-order chi connectivity index (χ0) is 48.5. The Morgan fingerprint density at radius 1 is 0.710 bits per heavy atom. The monoisotopic (exact) mass is 945 g/mol. The van der Waals surface area contributed by atoms with Gasteiger partial charge in [-0.1, -0.05) is 116 Å². The largest absolute Gasteiger partial charge is 0.416 e. The summed E-state index contributed by atoms with van der Waals surface area (Å²) in [6, 6.07) is 29.7. The third kappa shape index (κ3) is 12.7. The number of hydrogen-bond donors (Lipinski definition) is 5. The van der Waals surface area contributed by atoms with Crippen LogP contribution in [0.25, 0.3) is 11.3 Å². The van der Waals surface area contributed by atoms with Gasteiger partial charge in [0.1, 0.15) is 11.7 Å². The van der Waals surface area contributed by atoms with Crippen molar-refractivity contribution in [2.75, 3.05) is 26.2 Å². The maximum Gasteiger partial charge on any atom is 0.416 e. The number of nitrogens with one attached hydrogen (secondary N) is 5. The van der Waals surface area contributed by atoms with Gasteiger partial charge in [-0.15, -0.1) is 5.10 Å². The van der Waals surface area contributed by atoms with Gasteiger partial charge in [-0.3, -0.25) is 19.2 Å². The highest BCUT2D eigenvalue weighted by Gasteiger charge is 2.49. The molecule has 69 heavy (non-hydrogen) atoms. The molecule has 0 spiro atoms. The number of carbonyl (C=O) groups is 5. The minimum absolute atomic E-state index is 0.0369. The first-order valence-corrected chi connectivity index (χ1v) is 23.8. The van der Waals surface area contributed by atoms with Crippen LogP contribution in [0.3, 0.4) is 0 Å². The maximum atomic E-state index is 14.1. The summed E-state index contributed by atoms with van der Waals surface area (Å²) in [5.41, 5.74) is 3.61. The summed E-state index contributed by atoms with van der Waals surface area (Å²) in [7, 11) is 0. The van der Waals surface area contributed by atoms with Crippen molar-refractivity contribution < 1.29 is 37.1 Å². The third-order valence-electron chi connectivity index (χ3n) is 13.2. The lowest BCUT2D eigenvalue weighted by molar-refractivity contribution is -0.137. The Morgan fingerprint density at radius 2 is 1.30 bits per heavy atom. The summed E-state index contributed by atoms with van der Waals surface area (Å²) in [4.78, 5) is 69.9. The second-order valence-electron chi connectivity index (χ2n) is 18.3. The highest BCUT2D eigenvalue weighted by molar-refractivity contribution is 5.97. The van der Waals surface area contributed by atoms with Gasteiger partial charge >= 0.3 is 12.2 Å². The Bertz CT molecular complexity index is 2480. The van der Waals surface area contributed by atoms with E-state index >= 15 is 0 Å². The van der Waals surface area contributed by atoms with Crippen LogP contribution < -0.4 is 26.6 Å². The van der Waals surface area contributed by atoms with Crippen molar-refractivity contribution in [3.05, 3.63) is 143 Å². The maximum absolute atomic E-state index is 14.1. The van der Waals surface area contributed by atoms with Crippen molar-refractivity contribution in [1.29, 1.82) is 0 Å². The van der Waals surface area contributed by atoms with E-state index in [1.54, 1.807) is 35.4 Å². The Morgan fingerprint density at radius 3 is 1.87 bits per heavy atom. The molecule has 1 saturated heterocycles. The van der Waals surface area contributed by atoms with Crippen LogP contribution in [0.1, 0.15) is 89.9 Å². The SMILES string of the molecule is CCCCCCNC(=O)C(Cn1cc(-c2ccc(C(=O)N3C[C@@H](C(=O)N[C@H]4C[C@@H]4c4ccccc4)[C@H](C(=O)N[C@H]4C[C@@H]4c4ccccc4)C3)cc2)nn1)NC(=O)NCCc1ccc(C(F)(F)F)cc1. The first-order valence-electron chi connectivity index (χ1n) is 23.8. The molecule has 5 N–H and O–H groups in total. The van der Waals surface area contributed by atoms with E-state index in [0.717, 1.165) is 61.8 Å². The standard InChI is InChI=1S/C52H58F3N9O5/c1-2-3-4-11-25-56-49(67)46(60-51(69)57-26-24-33-16-22-38(23-17-33)52(53,54)55)32-64-31-45(61-62-64)36-18-20-37(21-19-36)50(68)63-29-41(47(65)58-43-27-39(43)34-12-7-5-8-13-34)42(30-63)48(66)59-44-28-40(44)35-14-9-6-10-15-35/h5-10,12-23,31,39-44,46H,2-4,11,24-30,32H2,1H3,(H,56,67)(H,58,65)(H,59,66)(H2,57,60,69)/t39-,40-,41-,42-,43+,44+,46?/m1/s1. The smallest absolute Gasteiger partial charge is 0.354 e. The summed E-state index contributed by atoms with van der Waals surface area (Å²) in [6.07, 6.45) is 2.85. The van der Waals surface area contributed by atoms with E-state index in [9.17, 15) is 37.1 Å². The molecule has 1 unspecified atom stereocenters. The van der Waals surface area contributed by atoms with Crippen molar-refractivity contribution in [1.82, 2.24) is 46.5 Å². The highest BCUT2D eigenvalue weighted by Crippen LogP contribution is 2.43. The van der Waals surface area contributed by atoms with Crippen LogP contribution in [-0.4, -0.2) is 93.9 Å².